The molecule has 0 aliphatic rings. The first kappa shape index (κ1) is 12.9. The molecule has 0 saturated carbocycles. The molecule has 2 rings (SSSR count). The second-order valence-corrected chi connectivity index (χ2v) is 3.80. The molecule has 1 amide bonds. The smallest absolute Gasteiger partial charge is 0.251 e. The number of carbonyl (C=O) groups excluding carboxylic acids is 1. The number of aromatic nitrogens is 3. The number of nitrogens with two attached hydrogens (primary N) is 1. The van der Waals surface area contributed by atoms with Gasteiger partial charge in [-0.25, -0.2) is 4.98 Å². The van der Waals surface area contributed by atoms with Gasteiger partial charge in [0.1, 0.15) is 17.9 Å². The molecular formula is C12H15N5O2. The van der Waals surface area contributed by atoms with E-state index in [2.05, 4.69) is 20.5 Å². The van der Waals surface area contributed by atoms with Crippen molar-refractivity contribution >= 4 is 11.6 Å². The van der Waals surface area contributed by atoms with Crippen LogP contribution in [0, 0.1) is 0 Å². The quantitative estimate of drug-likeness (QED) is 0.687. The van der Waals surface area contributed by atoms with E-state index in [1.807, 2.05) is 6.92 Å². The van der Waals surface area contributed by atoms with Gasteiger partial charge in [-0.3, -0.25) is 9.89 Å². The van der Waals surface area contributed by atoms with E-state index < -0.39 is 0 Å². The van der Waals surface area contributed by atoms with Crippen LogP contribution in [-0.4, -0.2) is 27.7 Å². The SMILES string of the molecule is CCOc1ccc(C(=O)NCc2ncn[nH]2)cc1N. The molecule has 0 unspecified atom stereocenters. The summed E-state index contributed by atoms with van der Waals surface area (Å²) in [5.74, 6) is 0.938. The number of H-pyrrole nitrogens is 1. The fourth-order valence-corrected chi connectivity index (χ4v) is 1.56. The summed E-state index contributed by atoms with van der Waals surface area (Å²) >= 11 is 0. The van der Waals surface area contributed by atoms with Crippen LogP contribution in [0.3, 0.4) is 0 Å². The van der Waals surface area contributed by atoms with Gasteiger partial charge in [-0.1, -0.05) is 0 Å². The molecule has 0 spiro atoms. The van der Waals surface area contributed by atoms with Crippen molar-refractivity contribution < 1.29 is 9.53 Å². The predicted octanol–water partition coefficient (Wildman–Crippen LogP) is 0.716. The second-order valence-electron chi connectivity index (χ2n) is 3.80. The maximum Gasteiger partial charge on any atom is 0.251 e. The van der Waals surface area contributed by atoms with Gasteiger partial charge in [0.05, 0.1) is 18.8 Å². The van der Waals surface area contributed by atoms with E-state index in [-0.39, 0.29) is 12.5 Å². The van der Waals surface area contributed by atoms with Gasteiger partial charge in [0.2, 0.25) is 0 Å². The molecule has 7 heteroatoms. The summed E-state index contributed by atoms with van der Waals surface area (Å²) in [4.78, 5) is 15.8. The second kappa shape index (κ2) is 5.85. The summed E-state index contributed by atoms with van der Waals surface area (Å²) in [6, 6.07) is 4.93. The Kier molecular flexibility index (Phi) is 3.97. The number of rotatable bonds is 5. The van der Waals surface area contributed by atoms with E-state index in [4.69, 9.17) is 10.5 Å². The molecule has 0 atom stereocenters. The van der Waals surface area contributed by atoms with Gasteiger partial charge >= 0.3 is 0 Å². The van der Waals surface area contributed by atoms with Gasteiger partial charge in [-0.15, -0.1) is 0 Å². The molecule has 4 N–H and O–H groups in total. The van der Waals surface area contributed by atoms with E-state index in [1.54, 1.807) is 18.2 Å². The zero-order valence-corrected chi connectivity index (χ0v) is 10.5. The molecule has 1 heterocycles. The van der Waals surface area contributed by atoms with Crippen molar-refractivity contribution in [3.8, 4) is 5.75 Å². The minimum atomic E-state index is -0.230. The summed E-state index contributed by atoms with van der Waals surface area (Å²) in [7, 11) is 0. The fraction of sp³-hybridized carbons (Fsp3) is 0.250. The largest absolute Gasteiger partial charge is 0.492 e. The van der Waals surface area contributed by atoms with Gasteiger partial charge in [-0.2, -0.15) is 5.10 Å². The zero-order chi connectivity index (χ0) is 13.7. The lowest BCUT2D eigenvalue weighted by atomic mass is 10.1. The zero-order valence-electron chi connectivity index (χ0n) is 10.5. The van der Waals surface area contributed by atoms with E-state index in [9.17, 15) is 4.79 Å². The fourth-order valence-electron chi connectivity index (χ4n) is 1.56. The van der Waals surface area contributed by atoms with Crippen LogP contribution in [0.5, 0.6) is 5.75 Å². The van der Waals surface area contributed by atoms with Crippen LogP contribution in [-0.2, 0) is 6.54 Å². The molecule has 0 bridgehead atoms. The number of hydrogen-bond acceptors (Lipinski definition) is 5. The van der Waals surface area contributed by atoms with Gasteiger partial charge < -0.3 is 15.8 Å². The van der Waals surface area contributed by atoms with Crippen LogP contribution in [0.25, 0.3) is 0 Å². The lowest BCUT2D eigenvalue weighted by molar-refractivity contribution is 0.0950. The minimum absolute atomic E-state index is 0.230. The highest BCUT2D eigenvalue weighted by Gasteiger charge is 2.09. The van der Waals surface area contributed by atoms with Crippen molar-refractivity contribution in [2.24, 2.45) is 0 Å². The number of aromatic amines is 1. The molecule has 7 nitrogen and oxygen atoms in total. The number of nitrogen functional groups attached to an aromatic ring is 1. The number of nitrogens with zero attached hydrogens (tertiary/aromatic N) is 2. The average molecular weight is 261 g/mol. The Hall–Kier alpha value is -2.57. The number of ether oxygens (including phenoxy) is 1. The molecule has 0 aliphatic heterocycles. The predicted molar refractivity (Wildman–Crippen MR) is 69.6 cm³/mol. The number of anilines is 1. The normalized spacial score (nSPS) is 10.2. The summed E-state index contributed by atoms with van der Waals surface area (Å²) < 4.78 is 5.31. The molecule has 19 heavy (non-hydrogen) atoms. The maximum absolute atomic E-state index is 11.9. The number of amides is 1. The first-order valence-corrected chi connectivity index (χ1v) is 5.85. The van der Waals surface area contributed by atoms with E-state index >= 15 is 0 Å². The molecule has 100 valence electrons. The van der Waals surface area contributed by atoms with E-state index in [0.29, 0.717) is 29.4 Å². The van der Waals surface area contributed by atoms with Crippen LogP contribution in [0.4, 0.5) is 5.69 Å². The number of benzene rings is 1. The first-order chi connectivity index (χ1) is 9.20. The lowest BCUT2D eigenvalue weighted by Crippen LogP contribution is -2.23. The van der Waals surface area contributed by atoms with Crippen LogP contribution in [0.2, 0.25) is 0 Å². The Morgan fingerprint density at radius 1 is 1.53 bits per heavy atom. The van der Waals surface area contributed by atoms with Crippen molar-refractivity contribution in [2.45, 2.75) is 13.5 Å². The highest BCUT2D eigenvalue weighted by atomic mass is 16.5. The van der Waals surface area contributed by atoms with E-state index in [0.717, 1.165) is 0 Å². The van der Waals surface area contributed by atoms with Gasteiger partial charge in [-0.05, 0) is 25.1 Å². The third-order valence-electron chi connectivity index (χ3n) is 2.45. The highest BCUT2D eigenvalue weighted by Crippen LogP contribution is 2.22. The Balaban J connectivity index is 2.01. The molecule has 1 aromatic heterocycles. The van der Waals surface area contributed by atoms with Gasteiger partial charge in [0, 0.05) is 5.56 Å². The molecule has 2 aromatic rings. The number of carbonyl (C=O) groups is 1. The Morgan fingerprint density at radius 2 is 2.37 bits per heavy atom. The molecular weight excluding hydrogens is 246 g/mol. The van der Waals surface area contributed by atoms with Crippen molar-refractivity contribution in [1.29, 1.82) is 0 Å². The molecule has 1 aromatic carbocycles. The van der Waals surface area contributed by atoms with Crippen LogP contribution in [0.15, 0.2) is 24.5 Å². The third kappa shape index (κ3) is 3.21. The standard InChI is InChI=1S/C12H15N5O2/c1-2-19-10-4-3-8(5-9(10)13)12(18)14-6-11-15-7-16-17-11/h3-5,7H,2,6,13H2,1H3,(H,14,18)(H,15,16,17). The summed E-state index contributed by atoms with van der Waals surface area (Å²) in [5.41, 5.74) is 6.71. The average Bonchev–Trinajstić information content (AvgIpc) is 2.91. The van der Waals surface area contributed by atoms with Crippen molar-refractivity contribution in [3.63, 3.8) is 0 Å². The summed E-state index contributed by atoms with van der Waals surface area (Å²) in [5, 5.41) is 9.07. The van der Waals surface area contributed by atoms with Gasteiger partial charge in [0.15, 0.2) is 0 Å². The van der Waals surface area contributed by atoms with Gasteiger partial charge in [0.25, 0.3) is 5.91 Å². The maximum atomic E-state index is 11.9. The van der Waals surface area contributed by atoms with Crippen molar-refractivity contribution in [2.75, 3.05) is 12.3 Å². The Bertz CT molecular complexity index is 553. The first-order valence-electron chi connectivity index (χ1n) is 5.85. The lowest BCUT2D eigenvalue weighted by Gasteiger charge is -2.08. The summed E-state index contributed by atoms with van der Waals surface area (Å²) in [6.07, 6.45) is 1.39. The van der Waals surface area contributed by atoms with Crippen LogP contribution in [0.1, 0.15) is 23.1 Å². The van der Waals surface area contributed by atoms with Crippen molar-refractivity contribution in [1.82, 2.24) is 20.5 Å². The molecule has 0 radical (unpaired) electrons. The topological polar surface area (TPSA) is 106 Å². The van der Waals surface area contributed by atoms with Crippen LogP contribution >= 0.6 is 0 Å². The Morgan fingerprint density at radius 3 is 3.00 bits per heavy atom. The highest BCUT2D eigenvalue weighted by molar-refractivity contribution is 5.95. The molecule has 0 aliphatic carbocycles. The number of nitrogens with one attached hydrogen (secondary N) is 2. The third-order valence-corrected chi connectivity index (χ3v) is 2.45. The van der Waals surface area contributed by atoms with Crippen molar-refractivity contribution in [3.05, 3.63) is 35.9 Å². The molecule has 0 saturated heterocycles. The minimum Gasteiger partial charge on any atom is -0.492 e. The Labute approximate surface area is 110 Å². The monoisotopic (exact) mass is 261 g/mol. The number of hydrogen-bond donors (Lipinski definition) is 3. The summed E-state index contributed by atoms with van der Waals surface area (Å²) in [6.45, 7) is 2.69. The van der Waals surface area contributed by atoms with E-state index in [1.165, 1.54) is 6.33 Å². The molecule has 0 fully saturated rings. The van der Waals surface area contributed by atoms with Crippen LogP contribution < -0.4 is 15.8 Å².